The summed E-state index contributed by atoms with van der Waals surface area (Å²) in [5.41, 5.74) is -4.92. The summed E-state index contributed by atoms with van der Waals surface area (Å²) >= 11 is 5.50. The van der Waals surface area contributed by atoms with Gasteiger partial charge in [-0.1, -0.05) is 0 Å². The van der Waals surface area contributed by atoms with Crippen LogP contribution in [0.3, 0.4) is 0 Å². The van der Waals surface area contributed by atoms with Crippen molar-refractivity contribution in [2.24, 2.45) is 0 Å². The molecule has 0 bridgehead atoms. The van der Waals surface area contributed by atoms with Crippen LogP contribution in [0.15, 0.2) is 70.4 Å². The minimum atomic E-state index is -4.01. The quantitative estimate of drug-likeness (QED) is 0.315. The molecule has 4 atom stereocenters. The van der Waals surface area contributed by atoms with Crippen LogP contribution >= 0.6 is 6.72 Å². The van der Waals surface area contributed by atoms with Crippen molar-refractivity contribution in [1.82, 2.24) is 9.55 Å². The molecule has 0 aliphatic carbocycles. The van der Waals surface area contributed by atoms with Crippen LogP contribution in [0, 0.1) is 0 Å². The molecule has 0 amide bonds. The van der Waals surface area contributed by atoms with Gasteiger partial charge in [0.15, 0.2) is 18.0 Å². The lowest BCUT2D eigenvalue weighted by Gasteiger charge is -2.32. The van der Waals surface area contributed by atoms with Crippen molar-refractivity contribution in [3.63, 3.8) is 0 Å². The summed E-state index contributed by atoms with van der Waals surface area (Å²) in [5, 5.41) is 10.6. The lowest BCUT2D eigenvalue weighted by Crippen LogP contribution is -2.52. The third-order valence-electron chi connectivity index (χ3n) is 5.91. The molecule has 1 fully saturated rings. The van der Waals surface area contributed by atoms with Gasteiger partial charge in [-0.25, -0.2) is 18.0 Å². The van der Waals surface area contributed by atoms with Gasteiger partial charge in [-0.2, -0.15) is 0 Å². The van der Waals surface area contributed by atoms with E-state index in [0.29, 0.717) is 16.1 Å². The molecule has 0 unspecified atom stereocenters. The third kappa shape index (κ3) is 6.18. The molecule has 2 heterocycles. The van der Waals surface area contributed by atoms with Gasteiger partial charge in [0.1, 0.15) is 29.1 Å². The zero-order valence-electron chi connectivity index (χ0n) is 20.9. The van der Waals surface area contributed by atoms with Gasteiger partial charge in [0, 0.05) is 24.1 Å². The molecule has 2 aromatic carbocycles. The number of methoxy groups -OCH3 is 2. The Morgan fingerprint density at radius 2 is 1.50 bits per heavy atom. The summed E-state index contributed by atoms with van der Waals surface area (Å²) in [6, 6.07) is 13.0. The van der Waals surface area contributed by atoms with Crippen LogP contribution in [0.1, 0.15) is 6.23 Å². The average molecular weight is 604 g/mol. The van der Waals surface area contributed by atoms with E-state index in [0.717, 1.165) is 12.3 Å². The number of hydrogen-bond donors (Lipinski definition) is 2. The summed E-state index contributed by atoms with van der Waals surface area (Å²) in [4.78, 5) is 25.4. The van der Waals surface area contributed by atoms with Crippen LogP contribution in [0.5, 0.6) is 23.0 Å². The summed E-state index contributed by atoms with van der Waals surface area (Å²) < 4.78 is 77.2. The monoisotopic (exact) mass is 604 g/mol. The maximum atomic E-state index is 15.1. The molecule has 1 aromatic heterocycles. The van der Waals surface area contributed by atoms with E-state index in [1.807, 2.05) is 4.98 Å². The Hall–Kier alpha value is -3.36. The zero-order chi connectivity index (χ0) is 29.1. The first kappa shape index (κ1) is 29.6. The molecule has 216 valence electrons. The van der Waals surface area contributed by atoms with Crippen molar-refractivity contribution in [3.8, 4) is 23.0 Å². The van der Waals surface area contributed by atoms with Crippen LogP contribution in [0.25, 0.3) is 0 Å². The van der Waals surface area contributed by atoms with E-state index in [2.05, 4.69) is 0 Å². The van der Waals surface area contributed by atoms with E-state index in [1.165, 1.54) is 38.5 Å². The SMILES string of the molecule is COc1ccc(OP(=S)(OC[C@@]2(C(F)F)O[C@@H](n3ccc(=O)[nH]c3=O)[C@H](F)[C@@H]2O)Oc2ccc(OC)cc2)cc1. The number of alkyl halides is 3. The number of ether oxygens (including phenoxy) is 3. The van der Waals surface area contributed by atoms with Crippen LogP contribution in [-0.2, 0) is 21.1 Å². The summed E-state index contributed by atoms with van der Waals surface area (Å²) in [6.45, 7) is -5.20. The predicted molar refractivity (Wildman–Crippen MR) is 139 cm³/mol. The summed E-state index contributed by atoms with van der Waals surface area (Å²) in [7, 11) is 2.92. The molecule has 16 heteroatoms. The van der Waals surface area contributed by atoms with Gasteiger partial charge >= 0.3 is 12.4 Å². The Bertz CT molecular complexity index is 1420. The summed E-state index contributed by atoms with van der Waals surface area (Å²) in [6.07, 6.45) is -9.66. The normalized spacial score (nSPS) is 22.7. The van der Waals surface area contributed by atoms with E-state index >= 15 is 4.39 Å². The fourth-order valence-electron chi connectivity index (χ4n) is 3.77. The molecule has 0 spiro atoms. The Balaban J connectivity index is 1.64. The van der Waals surface area contributed by atoms with Crippen LogP contribution in [0.2, 0.25) is 0 Å². The highest BCUT2D eigenvalue weighted by Crippen LogP contribution is 2.53. The van der Waals surface area contributed by atoms with E-state index in [-0.39, 0.29) is 11.5 Å². The fourth-order valence-corrected chi connectivity index (χ4v) is 5.71. The van der Waals surface area contributed by atoms with Gasteiger partial charge < -0.3 is 28.4 Å². The van der Waals surface area contributed by atoms with Crippen molar-refractivity contribution in [2.75, 3.05) is 20.8 Å². The average Bonchev–Trinajstić information content (AvgIpc) is 3.19. The lowest BCUT2D eigenvalue weighted by atomic mass is 9.97. The molecule has 40 heavy (non-hydrogen) atoms. The lowest BCUT2D eigenvalue weighted by molar-refractivity contribution is -0.192. The van der Waals surface area contributed by atoms with Crippen molar-refractivity contribution >= 4 is 18.5 Å². The smallest absolute Gasteiger partial charge is 0.435 e. The number of hydrogen-bond acceptors (Lipinski definition) is 10. The zero-order valence-corrected chi connectivity index (χ0v) is 22.7. The Morgan fingerprint density at radius 3 is 1.95 bits per heavy atom. The second-order valence-corrected chi connectivity index (χ2v) is 11.3. The highest BCUT2D eigenvalue weighted by Gasteiger charge is 2.62. The van der Waals surface area contributed by atoms with E-state index in [9.17, 15) is 23.5 Å². The van der Waals surface area contributed by atoms with Gasteiger partial charge in [-0.05, 0) is 48.5 Å². The Labute approximate surface area is 230 Å². The number of nitrogens with one attached hydrogen (secondary N) is 1. The fraction of sp³-hybridized carbons (Fsp3) is 0.333. The molecule has 0 saturated carbocycles. The minimum absolute atomic E-state index is 0.137. The number of H-pyrrole nitrogens is 1. The molecule has 4 rings (SSSR count). The number of nitrogens with zero attached hydrogens (tertiary/aromatic N) is 1. The second-order valence-electron chi connectivity index (χ2n) is 8.43. The topological polar surface area (TPSA) is 130 Å². The number of rotatable bonds is 11. The second kappa shape index (κ2) is 12.0. The Kier molecular flexibility index (Phi) is 8.90. The van der Waals surface area contributed by atoms with Gasteiger partial charge in [0.2, 0.25) is 0 Å². The van der Waals surface area contributed by atoms with Crippen molar-refractivity contribution < 1.29 is 46.1 Å². The maximum Gasteiger partial charge on any atom is 0.435 e. The van der Waals surface area contributed by atoms with Crippen LogP contribution < -0.4 is 29.8 Å². The minimum Gasteiger partial charge on any atom is -0.497 e. The number of aliphatic hydroxyl groups is 1. The van der Waals surface area contributed by atoms with E-state index in [1.54, 1.807) is 24.3 Å². The maximum absolute atomic E-state index is 15.1. The molecule has 2 N–H and O–H groups in total. The van der Waals surface area contributed by atoms with Crippen LogP contribution in [-0.4, -0.2) is 59.8 Å². The Morgan fingerprint density at radius 1 is 1.00 bits per heavy atom. The molecule has 11 nitrogen and oxygen atoms in total. The number of aromatic nitrogens is 2. The van der Waals surface area contributed by atoms with Gasteiger partial charge in [-0.3, -0.25) is 18.9 Å². The molecule has 1 aliphatic heterocycles. The molecule has 1 aliphatic rings. The van der Waals surface area contributed by atoms with Crippen molar-refractivity contribution in [3.05, 3.63) is 81.6 Å². The number of benzene rings is 2. The van der Waals surface area contributed by atoms with E-state index < -0.39 is 55.1 Å². The van der Waals surface area contributed by atoms with Gasteiger partial charge in [0.25, 0.3) is 12.0 Å². The number of halogens is 3. The van der Waals surface area contributed by atoms with Crippen LogP contribution in [0.4, 0.5) is 13.2 Å². The first-order chi connectivity index (χ1) is 19.0. The highest BCUT2D eigenvalue weighted by molar-refractivity contribution is 8.07. The number of aliphatic hydroxyl groups excluding tert-OH is 1. The van der Waals surface area contributed by atoms with Gasteiger partial charge in [-0.15, -0.1) is 0 Å². The van der Waals surface area contributed by atoms with Crippen molar-refractivity contribution in [2.45, 2.75) is 30.5 Å². The largest absolute Gasteiger partial charge is 0.497 e. The highest BCUT2D eigenvalue weighted by atomic mass is 32.5. The first-order valence-electron chi connectivity index (χ1n) is 11.5. The predicted octanol–water partition coefficient (Wildman–Crippen LogP) is 3.18. The molecule has 0 radical (unpaired) electrons. The standard InChI is InChI=1S/C24H24F3N2O9PS/c1-33-14-3-7-16(8-4-14)37-39(40,38-17-9-5-15(34-2)6-10-17)35-13-24(22(26)27)20(31)19(25)21(36-24)29-12-11-18(30)28-23(29)32/h3-12,19-22,31H,13H2,1-2H3,(H,28,30,32)/t19-,20+,21-,24-/m1/s1. The molecular formula is C24H24F3N2O9PS. The van der Waals surface area contributed by atoms with E-state index in [4.69, 9.17) is 39.6 Å². The van der Waals surface area contributed by atoms with Crippen molar-refractivity contribution in [1.29, 1.82) is 0 Å². The molecular weight excluding hydrogens is 580 g/mol. The third-order valence-corrected chi connectivity index (χ3v) is 7.99. The molecule has 1 saturated heterocycles. The first-order valence-corrected chi connectivity index (χ1v) is 14.1. The number of aromatic amines is 1. The van der Waals surface area contributed by atoms with Gasteiger partial charge in [0.05, 0.1) is 20.8 Å². The summed E-state index contributed by atoms with van der Waals surface area (Å²) in [5.74, 6) is 1.26. The molecule has 3 aromatic rings.